The molecule has 0 spiro atoms. The Morgan fingerprint density at radius 3 is 2.38 bits per heavy atom. The van der Waals surface area contributed by atoms with Gasteiger partial charge in [-0.15, -0.1) is 0 Å². The summed E-state index contributed by atoms with van der Waals surface area (Å²) in [5.41, 5.74) is 1.07. The number of hydrogen-bond donors (Lipinski definition) is 0. The van der Waals surface area contributed by atoms with Crippen LogP contribution in [0.5, 0.6) is 0 Å². The van der Waals surface area contributed by atoms with Crippen LogP contribution in [0, 0.1) is 0 Å². The van der Waals surface area contributed by atoms with Crippen molar-refractivity contribution in [2.75, 3.05) is 40.3 Å². The van der Waals surface area contributed by atoms with Crippen LogP contribution in [0.2, 0.25) is 0 Å². The summed E-state index contributed by atoms with van der Waals surface area (Å²) >= 11 is 0. The van der Waals surface area contributed by atoms with Gasteiger partial charge in [-0.2, -0.15) is 0 Å². The predicted octanol–water partition coefficient (Wildman–Crippen LogP) is 2.23. The van der Waals surface area contributed by atoms with Crippen molar-refractivity contribution in [3.63, 3.8) is 0 Å². The summed E-state index contributed by atoms with van der Waals surface area (Å²) in [5, 5.41) is 0. The van der Waals surface area contributed by atoms with Gasteiger partial charge in [0.1, 0.15) is 11.8 Å². The zero-order valence-electron chi connectivity index (χ0n) is 14.4. The van der Waals surface area contributed by atoms with Gasteiger partial charge >= 0.3 is 0 Å². The fraction of sp³-hybridized carbons (Fsp3) is 0.421. The van der Waals surface area contributed by atoms with Crippen molar-refractivity contribution in [3.8, 4) is 0 Å². The highest BCUT2D eigenvalue weighted by Gasteiger charge is 2.31. The number of piperazine rings is 1. The maximum Gasteiger partial charge on any atom is 0.244 e. The smallest absolute Gasteiger partial charge is 0.244 e. The first kappa shape index (κ1) is 16.7. The van der Waals surface area contributed by atoms with E-state index < -0.39 is 0 Å². The van der Waals surface area contributed by atoms with E-state index in [1.54, 1.807) is 11.2 Å². The molecule has 128 valence electrons. The van der Waals surface area contributed by atoms with Crippen molar-refractivity contribution in [3.05, 3.63) is 60.1 Å². The molecule has 1 aromatic heterocycles. The van der Waals surface area contributed by atoms with Crippen molar-refractivity contribution in [1.29, 1.82) is 0 Å². The molecule has 1 saturated heterocycles. The van der Waals surface area contributed by atoms with Crippen LogP contribution in [-0.4, -0.2) is 60.9 Å². The standard InChI is InChI=1S/C19H25N3O2/c1-20(2)19(23)18(16-7-4-3-5-8-16)22-12-10-21(11-13-22)15-17-9-6-14-24-17/h3-9,14,18H,10-13,15H2,1-2H3/t18-/m0/s1. The summed E-state index contributed by atoms with van der Waals surface area (Å²) in [6, 6.07) is 13.8. The summed E-state index contributed by atoms with van der Waals surface area (Å²) in [6.07, 6.45) is 1.72. The number of carbonyl (C=O) groups is 1. The molecule has 5 nitrogen and oxygen atoms in total. The lowest BCUT2D eigenvalue weighted by Gasteiger charge is -2.39. The molecule has 0 saturated carbocycles. The van der Waals surface area contributed by atoms with Gasteiger partial charge in [-0.3, -0.25) is 14.6 Å². The summed E-state index contributed by atoms with van der Waals surface area (Å²) in [7, 11) is 3.65. The monoisotopic (exact) mass is 327 g/mol. The lowest BCUT2D eigenvalue weighted by Crippen LogP contribution is -2.50. The topological polar surface area (TPSA) is 39.9 Å². The molecule has 1 aromatic carbocycles. The van der Waals surface area contributed by atoms with E-state index in [9.17, 15) is 4.79 Å². The maximum absolute atomic E-state index is 12.7. The van der Waals surface area contributed by atoms with Gasteiger partial charge in [-0.05, 0) is 17.7 Å². The van der Waals surface area contributed by atoms with Crippen LogP contribution >= 0.6 is 0 Å². The van der Waals surface area contributed by atoms with E-state index in [0.29, 0.717) is 0 Å². The van der Waals surface area contributed by atoms with E-state index in [2.05, 4.69) is 9.80 Å². The Morgan fingerprint density at radius 2 is 1.79 bits per heavy atom. The second kappa shape index (κ2) is 7.64. The molecule has 0 N–H and O–H groups in total. The molecule has 3 rings (SSSR count). The van der Waals surface area contributed by atoms with Crippen molar-refractivity contribution in [2.24, 2.45) is 0 Å². The zero-order chi connectivity index (χ0) is 16.9. The molecular formula is C19H25N3O2. The van der Waals surface area contributed by atoms with Crippen LogP contribution in [-0.2, 0) is 11.3 Å². The Balaban J connectivity index is 1.68. The molecular weight excluding hydrogens is 302 g/mol. The molecule has 0 radical (unpaired) electrons. The highest BCUT2D eigenvalue weighted by molar-refractivity contribution is 5.82. The van der Waals surface area contributed by atoms with Crippen LogP contribution < -0.4 is 0 Å². The molecule has 1 amide bonds. The second-order valence-electron chi connectivity index (χ2n) is 6.44. The quantitative estimate of drug-likeness (QED) is 0.844. The fourth-order valence-corrected chi connectivity index (χ4v) is 3.19. The third-order valence-corrected chi connectivity index (χ3v) is 4.52. The summed E-state index contributed by atoms with van der Waals surface area (Å²) in [6.45, 7) is 4.45. The number of nitrogens with zero attached hydrogens (tertiary/aromatic N) is 3. The normalized spacial score (nSPS) is 17.6. The van der Waals surface area contributed by atoms with Gasteiger partial charge in [0.2, 0.25) is 5.91 Å². The molecule has 2 aromatic rings. The first-order valence-electron chi connectivity index (χ1n) is 8.40. The third kappa shape index (κ3) is 3.86. The molecule has 5 heteroatoms. The van der Waals surface area contributed by atoms with Crippen molar-refractivity contribution < 1.29 is 9.21 Å². The maximum atomic E-state index is 12.7. The number of amides is 1. The molecule has 0 aliphatic carbocycles. The Bertz CT molecular complexity index is 632. The highest BCUT2D eigenvalue weighted by Crippen LogP contribution is 2.24. The molecule has 24 heavy (non-hydrogen) atoms. The van der Waals surface area contributed by atoms with E-state index in [-0.39, 0.29) is 11.9 Å². The number of furan rings is 1. The van der Waals surface area contributed by atoms with Gasteiger partial charge in [-0.1, -0.05) is 30.3 Å². The predicted molar refractivity (Wildman–Crippen MR) is 93.4 cm³/mol. The van der Waals surface area contributed by atoms with E-state index >= 15 is 0 Å². The Hall–Kier alpha value is -2.11. The molecule has 0 unspecified atom stereocenters. The molecule has 2 heterocycles. The summed E-state index contributed by atoms with van der Waals surface area (Å²) in [4.78, 5) is 19.1. The Kier molecular flexibility index (Phi) is 5.33. The molecule has 1 fully saturated rings. The van der Waals surface area contributed by atoms with Crippen molar-refractivity contribution in [2.45, 2.75) is 12.6 Å². The van der Waals surface area contributed by atoms with Crippen LogP contribution in [0.1, 0.15) is 17.4 Å². The Morgan fingerprint density at radius 1 is 1.08 bits per heavy atom. The number of benzene rings is 1. The van der Waals surface area contributed by atoms with Crippen LogP contribution in [0.3, 0.4) is 0 Å². The SMILES string of the molecule is CN(C)C(=O)[C@H](c1ccccc1)N1CCN(Cc2ccco2)CC1. The number of rotatable bonds is 5. The molecule has 1 atom stereocenters. The third-order valence-electron chi connectivity index (χ3n) is 4.52. The van der Waals surface area contributed by atoms with Gasteiger partial charge < -0.3 is 9.32 Å². The lowest BCUT2D eigenvalue weighted by atomic mass is 10.0. The second-order valence-corrected chi connectivity index (χ2v) is 6.44. The van der Waals surface area contributed by atoms with Crippen LogP contribution in [0.15, 0.2) is 53.1 Å². The molecule has 0 bridgehead atoms. The van der Waals surface area contributed by atoms with E-state index in [1.165, 1.54) is 0 Å². The van der Waals surface area contributed by atoms with E-state index in [0.717, 1.165) is 44.0 Å². The largest absolute Gasteiger partial charge is 0.468 e. The lowest BCUT2D eigenvalue weighted by molar-refractivity contribution is -0.135. The summed E-state index contributed by atoms with van der Waals surface area (Å²) in [5.74, 6) is 1.13. The van der Waals surface area contributed by atoms with Gasteiger partial charge in [0, 0.05) is 40.3 Å². The minimum atomic E-state index is -0.202. The summed E-state index contributed by atoms with van der Waals surface area (Å²) < 4.78 is 5.43. The zero-order valence-corrected chi connectivity index (χ0v) is 14.4. The first-order valence-corrected chi connectivity index (χ1v) is 8.40. The minimum Gasteiger partial charge on any atom is -0.468 e. The molecule has 1 aliphatic heterocycles. The van der Waals surface area contributed by atoms with E-state index in [4.69, 9.17) is 4.42 Å². The average Bonchev–Trinajstić information content (AvgIpc) is 3.10. The Labute approximate surface area is 143 Å². The van der Waals surface area contributed by atoms with Crippen LogP contribution in [0.4, 0.5) is 0 Å². The van der Waals surface area contributed by atoms with E-state index in [1.807, 2.05) is 56.6 Å². The fourth-order valence-electron chi connectivity index (χ4n) is 3.19. The number of likely N-dealkylation sites (N-methyl/N-ethyl adjacent to an activating group) is 1. The molecule has 1 aliphatic rings. The number of carbonyl (C=O) groups excluding carboxylic acids is 1. The van der Waals surface area contributed by atoms with Crippen molar-refractivity contribution in [1.82, 2.24) is 14.7 Å². The van der Waals surface area contributed by atoms with Gasteiger partial charge in [0.05, 0.1) is 12.8 Å². The highest BCUT2D eigenvalue weighted by atomic mass is 16.3. The first-order chi connectivity index (χ1) is 11.6. The van der Waals surface area contributed by atoms with Gasteiger partial charge in [0.15, 0.2) is 0 Å². The number of hydrogen-bond acceptors (Lipinski definition) is 4. The van der Waals surface area contributed by atoms with Gasteiger partial charge in [-0.25, -0.2) is 0 Å². The van der Waals surface area contributed by atoms with Crippen molar-refractivity contribution >= 4 is 5.91 Å². The average molecular weight is 327 g/mol. The van der Waals surface area contributed by atoms with Crippen LogP contribution in [0.25, 0.3) is 0 Å². The van der Waals surface area contributed by atoms with Gasteiger partial charge in [0.25, 0.3) is 0 Å². The minimum absolute atomic E-state index is 0.140.